The summed E-state index contributed by atoms with van der Waals surface area (Å²) < 4.78 is 30.5. The number of nitrogens with zero attached hydrogens (tertiary/aromatic N) is 3. The summed E-state index contributed by atoms with van der Waals surface area (Å²) in [6.07, 6.45) is 1.85. The van der Waals surface area contributed by atoms with Gasteiger partial charge in [0.25, 0.3) is 5.91 Å². The Morgan fingerprint density at radius 2 is 1.97 bits per heavy atom. The summed E-state index contributed by atoms with van der Waals surface area (Å²) in [7, 11) is 0. The van der Waals surface area contributed by atoms with Crippen LogP contribution in [0.1, 0.15) is 40.0 Å². The molecule has 1 atom stereocenters. The molecule has 0 aliphatic carbocycles. The van der Waals surface area contributed by atoms with Gasteiger partial charge in [-0.05, 0) is 36.6 Å². The number of amides is 1. The zero-order valence-electron chi connectivity index (χ0n) is 18.9. The first-order chi connectivity index (χ1) is 17.2. The molecule has 1 unspecified atom stereocenters. The molecule has 0 fully saturated rings. The van der Waals surface area contributed by atoms with Gasteiger partial charge in [0.15, 0.2) is 5.82 Å². The number of aromatic nitrogens is 1. The van der Waals surface area contributed by atoms with Crippen LogP contribution < -0.4 is 17.2 Å². The fourth-order valence-electron chi connectivity index (χ4n) is 4.79. The third-order valence-electron chi connectivity index (χ3n) is 6.58. The van der Waals surface area contributed by atoms with E-state index in [2.05, 4.69) is 4.98 Å². The van der Waals surface area contributed by atoms with Crippen LogP contribution in [0.5, 0.6) is 0 Å². The van der Waals surface area contributed by atoms with Crippen molar-refractivity contribution in [2.45, 2.75) is 19.4 Å². The van der Waals surface area contributed by atoms with Crippen molar-refractivity contribution in [1.82, 2.24) is 9.88 Å². The standard InChI is InChI=1S/C25H19ClF2N6OS/c1-10(11-3-2-7-33-23(11)31)34-8-6-13-18(25(34)35)21(30)20(28)17(19(13)26)12-4-5-15(27)22-16(12)14(9-29)24(32)36-22/h2-5,7,10H,6,8,30,32H2,1H3,(H2,31,33). The Kier molecular flexibility index (Phi) is 5.70. The van der Waals surface area contributed by atoms with Crippen LogP contribution in [0.25, 0.3) is 21.2 Å². The molecule has 5 rings (SSSR count). The van der Waals surface area contributed by atoms with Crippen LogP contribution in [0.15, 0.2) is 30.5 Å². The fraction of sp³-hybridized carbons (Fsp3) is 0.160. The smallest absolute Gasteiger partial charge is 0.256 e. The number of hydrogen-bond donors (Lipinski definition) is 3. The number of nitriles is 1. The van der Waals surface area contributed by atoms with Crippen molar-refractivity contribution >= 4 is 55.4 Å². The molecule has 6 N–H and O–H groups in total. The fourth-order valence-corrected chi connectivity index (χ4v) is 6.11. The number of thiophene rings is 1. The van der Waals surface area contributed by atoms with Gasteiger partial charge in [-0.2, -0.15) is 5.26 Å². The number of anilines is 3. The van der Waals surface area contributed by atoms with Crippen LogP contribution in [0.3, 0.4) is 0 Å². The topological polar surface area (TPSA) is 135 Å². The molecule has 0 saturated carbocycles. The van der Waals surface area contributed by atoms with E-state index in [1.807, 2.05) is 6.07 Å². The number of rotatable bonds is 3. The normalized spacial score (nSPS) is 14.1. The van der Waals surface area contributed by atoms with Crippen LogP contribution in [-0.2, 0) is 6.42 Å². The predicted molar refractivity (Wildman–Crippen MR) is 138 cm³/mol. The highest BCUT2D eigenvalue weighted by atomic mass is 35.5. The summed E-state index contributed by atoms with van der Waals surface area (Å²) in [6, 6.07) is 7.51. The Morgan fingerprint density at radius 1 is 1.22 bits per heavy atom. The molecular formula is C25H19ClF2N6OS. The summed E-state index contributed by atoms with van der Waals surface area (Å²) >= 11 is 7.61. The maximum Gasteiger partial charge on any atom is 0.256 e. The molecule has 1 aliphatic rings. The highest BCUT2D eigenvalue weighted by Crippen LogP contribution is 2.47. The van der Waals surface area contributed by atoms with Crippen LogP contribution >= 0.6 is 22.9 Å². The third-order valence-corrected chi connectivity index (χ3v) is 8.02. The lowest BCUT2D eigenvalue weighted by Crippen LogP contribution is -2.40. The van der Waals surface area contributed by atoms with Crippen molar-refractivity contribution in [3.63, 3.8) is 0 Å². The van der Waals surface area contributed by atoms with Gasteiger partial charge in [0, 0.05) is 29.3 Å². The number of pyridine rings is 1. The van der Waals surface area contributed by atoms with Gasteiger partial charge in [-0.15, -0.1) is 11.3 Å². The van der Waals surface area contributed by atoms with Crippen LogP contribution in [0.4, 0.5) is 25.3 Å². The molecule has 2 aromatic carbocycles. The number of carbonyl (C=O) groups is 1. The van der Waals surface area contributed by atoms with Crippen LogP contribution in [0.2, 0.25) is 5.02 Å². The number of benzene rings is 2. The average molecular weight is 525 g/mol. The number of nitrogens with two attached hydrogens (primary N) is 3. The van der Waals surface area contributed by atoms with Gasteiger partial charge in [-0.3, -0.25) is 4.79 Å². The molecule has 4 aromatic rings. The van der Waals surface area contributed by atoms with Crippen molar-refractivity contribution in [2.24, 2.45) is 0 Å². The Labute approximate surface area is 213 Å². The van der Waals surface area contributed by atoms with E-state index in [1.165, 1.54) is 6.07 Å². The number of nitrogen functional groups attached to an aromatic ring is 3. The Morgan fingerprint density at radius 3 is 2.67 bits per heavy atom. The predicted octanol–water partition coefficient (Wildman–Crippen LogP) is 5.27. The van der Waals surface area contributed by atoms with Crippen LogP contribution in [0, 0.1) is 23.0 Å². The number of hydrogen-bond acceptors (Lipinski definition) is 7. The first-order valence-electron chi connectivity index (χ1n) is 10.9. The van der Waals surface area contributed by atoms with E-state index in [0.717, 1.165) is 17.4 Å². The molecule has 1 amide bonds. The van der Waals surface area contributed by atoms with Gasteiger partial charge in [0.05, 0.1) is 32.6 Å². The Balaban J connectivity index is 1.69. The maximum atomic E-state index is 15.9. The van der Waals surface area contributed by atoms with E-state index in [0.29, 0.717) is 23.4 Å². The van der Waals surface area contributed by atoms with Gasteiger partial charge in [0.1, 0.15) is 22.7 Å². The molecule has 0 spiro atoms. The number of carbonyl (C=O) groups excluding carboxylic acids is 1. The zero-order valence-corrected chi connectivity index (χ0v) is 20.5. The molecule has 0 radical (unpaired) electrons. The van der Waals surface area contributed by atoms with E-state index in [1.54, 1.807) is 30.2 Å². The van der Waals surface area contributed by atoms with Gasteiger partial charge >= 0.3 is 0 Å². The van der Waals surface area contributed by atoms with E-state index < -0.39 is 23.6 Å². The molecule has 36 heavy (non-hydrogen) atoms. The van der Waals surface area contributed by atoms with Crippen molar-refractivity contribution in [1.29, 1.82) is 5.26 Å². The molecular weight excluding hydrogens is 506 g/mol. The Hall–Kier alpha value is -3.94. The SMILES string of the molecule is CC(c1cccnc1N)N1CCc2c(Cl)c(-c3ccc(F)c4sc(N)c(C#N)c34)c(F)c(N)c2C1=O. The van der Waals surface area contributed by atoms with Gasteiger partial charge in [-0.25, -0.2) is 13.8 Å². The average Bonchev–Trinajstić information content (AvgIpc) is 3.20. The minimum atomic E-state index is -0.927. The molecule has 2 aromatic heterocycles. The highest BCUT2D eigenvalue weighted by molar-refractivity contribution is 7.23. The van der Waals surface area contributed by atoms with Crippen LogP contribution in [-0.4, -0.2) is 22.3 Å². The summed E-state index contributed by atoms with van der Waals surface area (Å²) in [5, 5.41) is 9.87. The first-order valence-corrected chi connectivity index (χ1v) is 12.1. The van der Waals surface area contributed by atoms with E-state index in [4.69, 9.17) is 28.8 Å². The lowest BCUT2D eigenvalue weighted by molar-refractivity contribution is 0.0674. The first kappa shape index (κ1) is 23.8. The lowest BCUT2D eigenvalue weighted by Gasteiger charge is -2.35. The van der Waals surface area contributed by atoms with Crippen molar-refractivity contribution in [3.8, 4) is 17.2 Å². The zero-order chi connectivity index (χ0) is 25.9. The van der Waals surface area contributed by atoms with Crippen molar-refractivity contribution < 1.29 is 13.6 Å². The van der Waals surface area contributed by atoms with Gasteiger partial charge in [-0.1, -0.05) is 23.7 Å². The molecule has 1 aliphatic heterocycles. The minimum absolute atomic E-state index is 0.0141. The molecule has 182 valence electrons. The van der Waals surface area contributed by atoms with E-state index >= 15 is 4.39 Å². The molecule has 11 heteroatoms. The largest absolute Gasteiger partial charge is 0.396 e. The summed E-state index contributed by atoms with van der Waals surface area (Å²) in [5.74, 6) is -1.72. The number of fused-ring (bicyclic) bond motifs is 2. The second-order valence-corrected chi connectivity index (χ2v) is 9.85. The monoisotopic (exact) mass is 524 g/mol. The maximum absolute atomic E-state index is 15.9. The second-order valence-electron chi connectivity index (χ2n) is 8.42. The van der Waals surface area contributed by atoms with E-state index in [9.17, 15) is 14.4 Å². The van der Waals surface area contributed by atoms with Crippen molar-refractivity contribution in [2.75, 3.05) is 23.7 Å². The summed E-state index contributed by atoms with van der Waals surface area (Å²) in [5.41, 5.74) is 18.9. The van der Waals surface area contributed by atoms with Gasteiger partial charge < -0.3 is 22.1 Å². The molecule has 0 bridgehead atoms. The van der Waals surface area contributed by atoms with E-state index in [-0.39, 0.29) is 54.6 Å². The second kappa shape index (κ2) is 8.62. The summed E-state index contributed by atoms with van der Waals surface area (Å²) in [6.45, 7) is 2.08. The summed E-state index contributed by atoms with van der Waals surface area (Å²) in [4.78, 5) is 19.2. The molecule has 0 saturated heterocycles. The van der Waals surface area contributed by atoms with Crippen molar-refractivity contribution in [3.05, 3.63) is 69.4 Å². The quantitative estimate of drug-likeness (QED) is 0.312. The highest BCUT2D eigenvalue weighted by Gasteiger charge is 2.36. The Bertz CT molecular complexity index is 1630. The van der Waals surface area contributed by atoms with Gasteiger partial charge in [0.2, 0.25) is 0 Å². The molecule has 7 nitrogen and oxygen atoms in total. The minimum Gasteiger partial charge on any atom is -0.396 e. The molecule has 3 heterocycles. The third kappa shape index (κ3) is 3.35. The number of halogens is 3. The lowest BCUT2D eigenvalue weighted by atomic mass is 9.89.